The number of terminal acetylenes is 1. The molecule has 2 aromatic carbocycles. The number of ether oxygens (including phenoxy) is 2. The first kappa shape index (κ1) is 58.5. The Morgan fingerprint density at radius 1 is 1.06 bits per heavy atom. The Morgan fingerprint density at radius 3 is 2.22 bits per heavy atom. The number of aromatic nitrogens is 5. The van der Waals surface area contributed by atoms with E-state index in [9.17, 15) is 18.9 Å². The molecule has 1 atom stereocenters. The third-order valence-corrected chi connectivity index (χ3v) is 9.49. The highest BCUT2D eigenvalue weighted by Crippen LogP contribution is 2.34. The van der Waals surface area contributed by atoms with Gasteiger partial charge in [0.05, 0.1) is 46.9 Å². The van der Waals surface area contributed by atoms with E-state index >= 15 is 0 Å². The summed E-state index contributed by atoms with van der Waals surface area (Å²) in [5, 5.41) is 21.0. The molecule has 1 unspecified atom stereocenters. The smallest absolute Gasteiger partial charge is 0.442 e. The molecule has 360 valence electrons. The number of aryl methyl sites for hydroxylation is 2. The lowest BCUT2D eigenvalue weighted by atomic mass is 9.97. The molecule has 0 spiro atoms. The van der Waals surface area contributed by atoms with Crippen LogP contribution in [-0.2, 0) is 30.7 Å². The van der Waals surface area contributed by atoms with E-state index in [1.165, 1.54) is 12.1 Å². The second-order valence-corrected chi connectivity index (χ2v) is 18.0. The van der Waals surface area contributed by atoms with Crippen molar-refractivity contribution in [1.82, 2.24) is 30.0 Å². The molecule has 2 aromatic heterocycles. The van der Waals surface area contributed by atoms with Crippen molar-refractivity contribution in [3.05, 3.63) is 73.2 Å². The maximum Gasteiger partial charge on any atom is 0.442 e. The fourth-order valence-electron chi connectivity index (χ4n) is 5.18. The molecular weight excluding hydrogens is 951 g/mol. The summed E-state index contributed by atoms with van der Waals surface area (Å²) < 4.78 is 26.8. The number of nitrogens with one attached hydrogen (secondary N) is 3. The predicted octanol–water partition coefficient (Wildman–Crippen LogP) is 7.18. The Bertz CT molecular complexity index is 2300. The number of benzene rings is 2. The first-order valence-corrected chi connectivity index (χ1v) is 23.3. The van der Waals surface area contributed by atoms with E-state index in [1.54, 1.807) is 12.0 Å². The maximum atomic E-state index is 12.2. The molecule has 2 heterocycles. The first-order chi connectivity index (χ1) is 30.3. The summed E-state index contributed by atoms with van der Waals surface area (Å²) >= 11 is 23.7. The van der Waals surface area contributed by atoms with Crippen LogP contribution < -0.4 is 31.3 Å². The normalized spacial score (nSPS) is 11.4. The van der Waals surface area contributed by atoms with Crippen LogP contribution in [0.3, 0.4) is 0 Å². The molecule has 19 nitrogen and oxygen atoms in total. The van der Waals surface area contributed by atoms with Gasteiger partial charge >= 0.3 is 19.3 Å². The van der Waals surface area contributed by atoms with Gasteiger partial charge in [-0.2, -0.15) is 19.6 Å². The van der Waals surface area contributed by atoms with Crippen LogP contribution in [-0.4, -0.2) is 109 Å². The quantitative estimate of drug-likeness (QED) is 0.0348. The Kier molecular flexibility index (Phi) is 25.7. The zero-order valence-corrected chi connectivity index (χ0v) is 41.8. The summed E-state index contributed by atoms with van der Waals surface area (Å²) in [5.41, 5.74) is 3.11. The average Bonchev–Trinajstić information content (AvgIpc) is 3.60. The number of carboxylic acid groups (broad SMARTS) is 1. The van der Waals surface area contributed by atoms with Crippen LogP contribution in [0.5, 0.6) is 5.75 Å². The molecule has 0 aliphatic carbocycles. The monoisotopic (exact) mass is 1010 g/mol. The number of nitrogens with zero attached hydrogens (tertiary/aromatic N) is 6. The van der Waals surface area contributed by atoms with Crippen LogP contribution >= 0.6 is 54.0 Å². The zero-order chi connectivity index (χ0) is 49.7. The van der Waals surface area contributed by atoms with Crippen LogP contribution in [0.4, 0.5) is 17.6 Å². The number of methoxy groups -OCH3 is 1. The molecule has 0 saturated heterocycles. The Balaban J connectivity index is 0.000000450. The lowest BCUT2D eigenvalue weighted by Crippen LogP contribution is -2.43. The molecule has 1 amide bonds. The van der Waals surface area contributed by atoms with E-state index < -0.39 is 37.6 Å². The van der Waals surface area contributed by atoms with Crippen molar-refractivity contribution in [2.75, 3.05) is 61.1 Å². The minimum atomic E-state index is -4.10. The number of carbonyl (C=O) groups is 2. The Morgan fingerprint density at radius 2 is 1.71 bits per heavy atom. The fraction of sp³-hybridized carbons (Fsp3) is 0.488. The van der Waals surface area contributed by atoms with Gasteiger partial charge in [-0.15, -0.1) is 23.1 Å². The van der Waals surface area contributed by atoms with E-state index in [0.717, 1.165) is 34.5 Å². The number of hydrogen-bond acceptors (Lipinski definition) is 14. The van der Waals surface area contributed by atoms with Crippen LogP contribution in [0.1, 0.15) is 72.4 Å². The molecule has 4 rings (SSSR count). The van der Waals surface area contributed by atoms with Crippen molar-refractivity contribution >= 4 is 83.5 Å². The predicted molar refractivity (Wildman–Crippen MR) is 256 cm³/mol. The van der Waals surface area contributed by atoms with Crippen molar-refractivity contribution in [3.8, 4) is 23.8 Å². The van der Waals surface area contributed by atoms with Crippen molar-refractivity contribution in [3.63, 3.8) is 0 Å². The van der Waals surface area contributed by atoms with Crippen molar-refractivity contribution in [1.29, 1.82) is 0 Å². The summed E-state index contributed by atoms with van der Waals surface area (Å²) in [6.07, 6.45) is 5.43. The summed E-state index contributed by atoms with van der Waals surface area (Å²) in [6.45, 7) is 18.5. The van der Waals surface area contributed by atoms with Crippen molar-refractivity contribution in [2.45, 2.75) is 86.2 Å². The third kappa shape index (κ3) is 21.1. The van der Waals surface area contributed by atoms with Gasteiger partial charge in [-0.25, -0.2) is 4.79 Å². The second kappa shape index (κ2) is 28.5. The Hall–Kier alpha value is -4.48. The van der Waals surface area contributed by atoms with E-state index in [4.69, 9.17) is 81.6 Å². The number of aliphatic carboxylic acids is 1. The van der Waals surface area contributed by atoms with E-state index in [-0.39, 0.29) is 45.8 Å². The van der Waals surface area contributed by atoms with E-state index in [0.29, 0.717) is 35.8 Å². The van der Waals surface area contributed by atoms with E-state index in [2.05, 4.69) is 54.9 Å². The SMILES string of the molecule is C#CCOc1cc(-n2nc(C(C)(C)C)oc2=O)c(Cl)cc1Cl.CCNc1nc(Cl)nc(NC(C)C)n1.CCc1cccc(C)c1N(C(=O)CCl)C(C)COC.O=C(O)CNCP(=O)(O)O. The van der Waals surface area contributed by atoms with Gasteiger partial charge in [-0.05, 0) is 69.8 Å². The van der Waals surface area contributed by atoms with Gasteiger partial charge in [0.2, 0.25) is 29.0 Å². The van der Waals surface area contributed by atoms with Gasteiger partial charge in [0.1, 0.15) is 18.2 Å². The Labute approximate surface area is 399 Å². The number of hydrogen-bond donors (Lipinski definition) is 6. The number of carbonyl (C=O) groups excluding carboxylic acids is 1. The van der Waals surface area contributed by atoms with Gasteiger partial charge in [0, 0.05) is 31.2 Å². The third-order valence-electron chi connectivity index (χ3n) is 7.86. The number of rotatable bonds is 17. The minimum absolute atomic E-state index is 0.0223. The summed E-state index contributed by atoms with van der Waals surface area (Å²) in [5.74, 6) is 2.04. The second-order valence-electron chi connectivity index (χ2n) is 14.9. The van der Waals surface area contributed by atoms with Gasteiger partial charge < -0.3 is 44.3 Å². The number of carboxylic acids is 1. The molecule has 0 bridgehead atoms. The molecule has 4 aromatic rings. The number of halogens is 4. The van der Waals surface area contributed by atoms with Crippen LogP contribution in [0.15, 0.2) is 39.5 Å². The molecule has 0 fully saturated rings. The molecule has 0 saturated carbocycles. The highest BCUT2D eigenvalue weighted by Gasteiger charge is 2.26. The van der Waals surface area contributed by atoms with Crippen molar-refractivity contribution < 1.29 is 42.9 Å². The molecule has 0 radical (unpaired) electrons. The average molecular weight is 1010 g/mol. The standard InChI is InChI=1S/C15H14Cl2N2O3.C15H22ClNO2.C8H14ClN5.C3H8NO5P/c1-5-6-21-12-8-11(9(16)7-10(12)17)19-14(20)22-13(18-19)15(2,3)4;1-5-13-8-6-7-11(2)15(13)17(14(18)9-16)12(3)10-19-4;1-4-10-7-12-6(9)13-8(14-7)11-5(2)3;5-3(6)1-4-2-10(7,8)9/h1,7-8H,6H2,2-4H3;6-8,12H,5,9-10H2,1-4H3;5H,4H2,1-3H3,(H2,10,11,12,13,14);4H,1-2H2,(H,5,6)(H2,7,8,9). The van der Waals surface area contributed by atoms with Crippen molar-refractivity contribution in [2.24, 2.45) is 0 Å². The maximum absolute atomic E-state index is 12.2. The number of anilines is 3. The summed E-state index contributed by atoms with van der Waals surface area (Å²) in [6, 6.07) is 9.27. The fourth-order valence-corrected chi connectivity index (χ4v) is 6.39. The van der Waals surface area contributed by atoms with Gasteiger partial charge in [-0.3, -0.25) is 19.5 Å². The molecule has 6 N–H and O–H groups in total. The number of para-hydroxylation sites is 1. The highest BCUT2D eigenvalue weighted by molar-refractivity contribution is 7.51. The minimum Gasteiger partial charge on any atom is -0.480 e. The molecule has 0 aliphatic rings. The molecule has 65 heavy (non-hydrogen) atoms. The van der Waals surface area contributed by atoms with Gasteiger partial charge in [0.25, 0.3) is 0 Å². The largest absolute Gasteiger partial charge is 0.480 e. The van der Waals surface area contributed by atoms with E-state index in [1.807, 2.05) is 67.5 Å². The number of alkyl halides is 1. The zero-order valence-electron chi connectivity index (χ0n) is 37.9. The topological polar surface area (TPSA) is 256 Å². The first-order valence-electron chi connectivity index (χ1n) is 19.8. The molecule has 24 heteroatoms. The van der Waals surface area contributed by atoms with Crippen LogP contribution in [0.2, 0.25) is 15.3 Å². The summed E-state index contributed by atoms with van der Waals surface area (Å²) in [4.78, 5) is 64.1. The van der Waals surface area contributed by atoms with Gasteiger partial charge in [0.15, 0.2) is 0 Å². The molecule has 0 aliphatic heterocycles. The highest BCUT2D eigenvalue weighted by atomic mass is 35.5. The number of amides is 1. The molecular formula is C41H58Cl4N9O10P. The lowest BCUT2D eigenvalue weighted by molar-refractivity contribution is -0.135. The van der Waals surface area contributed by atoms with Crippen LogP contribution in [0, 0.1) is 19.3 Å². The van der Waals surface area contributed by atoms with Gasteiger partial charge in [-0.1, -0.05) is 75.0 Å². The van der Waals surface area contributed by atoms with Crippen LogP contribution in [0.25, 0.3) is 5.69 Å². The summed E-state index contributed by atoms with van der Waals surface area (Å²) in [7, 11) is -2.46. The lowest BCUT2D eigenvalue weighted by Gasteiger charge is -2.31.